The third-order valence-electron chi connectivity index (χ3n) is 4.65. The maximum atomic E-state index is 2.39. The van der Waals surface area contributed by atoms with E-state index in [4.69, 9.17) is 0 Å². The Bertz CT molecular complexity index is 716. The zero-order chi connectivity index (χ0) is 12.8. The van der Waals surface area contributed by atoms with Crippen LogP contribution in [-0.4, -0.2) is 0 Å². The molecule has 0 heteroatoms. The molecule has 94 valence electrons. The van der Waals surface area contributed by atoms with E-state index in [-0.39, 0.29) is 0 Å². The Morgan fingerprint density at radius 3 is 2.89 bits per heavy atom. The molecular formula is C19H18. The molecule has 0 amide bonds. The van der Waals surface area contributed by atoms with E-state index < -0.39 is 0 Å². The molecule has 2 aromatic carbocycles. The third kappa shape index (κ3) is 1.59. The van der Waals surface area contributed by atoms with Crippen molar-refractivity contribution in [2.45, 2.75) is 26.2 Å². The molecule has 2 aromatic rings. The van der Waals surface area contributed by atoms with Gasteiger partial charge in [-0.1, -0.05) is 61.0 Å². The van der Waals surface area contributed by atoms with Gasteiger partial charge < -0.3 is 0 Å². The maximum Gasteiger partial charge on any atom is -0.0146 e. The molecule has 0 aromatic heterocycles. The average molecular weight is 246 g/mol. The van der Waals surface area contributed by atoms with E-state index in [1.54, 1.807) is 11.1 Å². The van der Waals surface area contributed by atoms with Gasteiger partial charge >= 0.3 is 0 Å². The molecule has 0 saturated heterocycles. The van der Waals surface area contributed by atoms with Crippen molar-refractivity contribution < 1.29 is 0 Å². The SMILES string of the molecule is CC1Cc2c(ccc3ccccc23)C2=C1CCC=C2. The number of hydrogen-bond acceptors (Lipinski definition) is 0. The first-order valence-electron chi connectivity index (χ1n) is 7.25. The molecule has 0 saturated carbocycles. The number of rotatable bonds is 0. The van der Waals surface area contributed by atoms with E-state index in [9.17, 15) is 0 Å². The molecule has 2 aliphatic rings. The molecule has 0 fully saturated rings. The van der Waals surface area contributed by atoms with Crippen molar-refractivity contribution in [3.05, 3.63) is 65.3 Å². The first kappa shape index (κ1) is 11.0. The molecule has 0 nitrogen and oxygen atoms in total. The van der Waals surface area contributed by atoms with Crippen molar-refractivity contribution in [3.8, 4) is 0 Å². The minimum atomic E-state index is 0.693. The summed E-state index contributed by atoms with van der Waals surface area (Å²) in [7, 11) is 0. The smallest absolute Gasteiger partial charge is 0.0146 e. The van der Waals surface area contributed by atoms with E-state index in [0.717, 1.165) is 0 Å². The summed E-state index contributed by atoms with van der Waals surface area (Å²) in [5.74, 6) is 0.693. The Labute approximate surface area is 114 Å². The van der Waals surface area contributed by atoms with Crippen LogP contribution in [0.5, 0.6) is 0 Å². The first-order chi connectivity index (χ1) is 9.34. The van der Waals surface area contributed by atoms with Crippen LogP contribution < -0.4 is 0 Å². The predicted molar refractivity (Wildman–Crippen MR) is 82.1 cm³/mol. The standard InChI is InChI=1S/C19H18/c1-13-12-19-16-8-3-2-6-14(16)10-11-18(19)17-9-5-4-7-15(13)17/h2-3,5-6,8-11,13H,4,7,12H2,1H3. The monoisotopic (exact) mass is 246 g/mol. The topological polar surface area (TPSA) is 0 Å². The van der Waals surface area contributed by atoms with Gasteiger partial charge in [-0.25, -0.2) is 0 Å². The summed E-state index contributed by atoms with van der Waals surface area (Å²) >= 11 is 0. The van der Waals surface area contributed by atoms with Gasteiger partial charge in [-0.3, -0.25) is 0 Å². The Morgan fingerprint density at radius 1 is 1.05 bits per heavy atom. The van der Waals surface area contributed by atoms with Gasteiger partial charge in [0.25, 0.3) is 0 Å². The van der Waals surface area contributed by atoms with Crippen molar-refractivity contribution in [1.29, 1.82) is 0 Å². The molecule has 0 aliphatic heterocycles. The minimum Gasteiger partial charge on any atom is -0.0836 e. The zero-order valence-electron chi connectivity index (χ0n) is 11.3. The lowest BCUT2D eigenvalue weighted by Gasteiger charge is -2.30. The van der Waals surface area contributed by atoms with E-state index >= 15 is 0 Å². The number of allylic oxidation sites excluding steroid dienone is 4. The Kier molecular flexibility index (Phi) is 2.38. The first-order valence-corrected chi connectivity index (χ1v) is 7.25. The fourth-order valence-electron chi connectivity index (χ4n) is 3.69. The average Bonchev–Trinajstić information content (AvgIpc) is 2.47. The lowest BCUT2D eigenvalue weighted by Crippen LogP contribution is -2.15. The highest BCUT2D eigenvalue weighted by Crippen LogP contribution is 2.42. The molecule has 1 atom stereocenters. The van der Waals surface area contributed by atoms with Crippen LogP contribution >= 0.6 is 0 Å². The van der Waals surface area contributed by atoms with Crippen LogP contribution in [0.15, 0.2) is 54.1 Å². The van der Waals surface area contributed by atoms with Crippen LogP contribution in [-0.2, 0) is 6.42 Å². The summed E-state index contributed by atoms with van der Waals surface area (Å²) in [6.45, 7) is 2.39. The summed E-state index contributed by atoms with van der Waals surface area (Å²) in [5, 5.41) is 2.81. The van der Waals surface area contributed by atoms with Crippen molar-refractivity contribution in [1.82, 2.24) is 0 Å². The Hall–Kier alpha value is -1.82. The van der Waals surface area contributed by atoms with Crippen LogP contribution in [0.25, 0.3) is 16.3 Å². The molecule has 0 spiro atoms. The summed E-state index contributed by atoms with van der Waals surface area (Å²) in [6.07, 6.45) is 8.34. The minimum absolute atomic E-state index is 0.693. The maximum absolute atomic E-state index is 2.39. The fourth-order valence-corrected chi connectivity index (χ4v) is 3.69. The Balaban J connectivity index is 2.04. The molecule has 2 aliphatic carbocycles. The second-order valence-corrected chi connectivity index (χ2v) is 5.80. The summed E-state index contributed by atoms with van der Waals surface area (Å²) < 4.78 is 0. The van der Waals surface area contributed by atoms with Gasteiger partial charge in [0.05, 0.1) is 0 Å². The van der Waals surface area contributed by atoms with E-state index in [1.807, 2.05) is 0 Å². The molecule has 4 rings (SSSR count). The number of fused-ring (bicyclic) bond motifs is 4. The van der Waals surface area contributed by atoms with E-state index in [2.05, 4.69) is 55.5 Å². The third-order valence-corrected chi connectivity index (χ3v) is 4.65. The fraction of sp³-hybridized carbons (Fsp3) is 0.263. The number of benzene rings is 2. The highest BCUT2D eigenvalue weighted by atomic mass is 14.3. The second kappa shape index (κ2) is 4.09. The van der Waals surface area contributed by atoms with Gasteiger partial charge in [0, 0.05) is 0 Å². The largest absolute Gasteiger partial charge is 0.0836 e. The highest BCUT2D eigenvalue weighted by molar-refractivity contribution is 5.94. The van der Waals surface area contributed by atoms with Gasteiger partial charge in [0.2, 0.25) is 0 Å². The normalized spacial score (nSPS) is 21.4. The van der Waals surface area contributed by atoms with Crippen LogP contribution in [0.2, 0.25) is 0 Å². The van der Waals surface area contributed by atoms with Gasteiger partial charge in [0.15, 0.2) is 0 Å². The molecule has 0 heterocycles. The van der Waals surface area contributed by atoms with Gasteiger partial charge in [-0.15, -0.1) is 0 Å². The molecule has 0 bridgehead atoms. The van der Waals surface area contributed by atoms with Crippen molar-refractivity contribution in [3.63, 3.8) is 0 Å². The van der Waals surface area contributed by atoms with Crippen LogP contribution in [0.3, 0.4) is 0 Å². The second-order valence-electron chi connectivity index (χ2n) is 5.80. The lowest BCUT2D eigenvalue weighted by atomic mass is 9.74. The molecular weight excluding hydrogens is 228 g/mol. The van der Waals surface area contributed by atoms with Crippen LogP contribution in [0.1, 0.15) is 30.9 Å². The van der Waals surface area contributed by atoms with Crippen molar-refractivity contribution in [2.24, 2.45) is 5.92 Å². The summed E-state index contributed by atoms with van der Waals surface area (Å²) in [5.41, 5.74) is 6.20. The predicted octanol–water partition coefficient (Wildman–Crippen LogP) is 5.14. The van der Waals surface area contributed by atoms with Crippen LogP contribution in [0, 0.1) is 5.92 Å². The lowest BCUT2D eigenvalue weighted by molar-refractivity contribution is 0.634. The Morgan fingerprint density at radius 2 is 1.95 bits per heavy atom. The van der Waals surface area contributed by atoms with Gasteiger partial charge in [0.1, 0.15) is 0 Å². The molecule has 0 radical (unpaired) electrons. The van der Waals surface area contributed by atoms with E-state index in [0.29, 0.717) is 5.92 Å². The quantitative estimate of drug-likeness (QED) is 0.604. The summed E-state index contributed by atoms with van der Waals surface area (Å²) in [4.78, 5) is 0. The van der Waals surface area contributed by atoms with Crippen molar-refractivity contribution in [2.75, 3.05) is 0 Å². The molecule has 19 heavy (non-hydrogen) atoms. The number of hydrogen-bond donors (Lipinski definition) is 0. The van der Waals surface area contributed by atoms with Crippen LogP contribution in [0.4, 0.5) is 0 Å². The molecule has 0 N–H and O–H groups in total. The zero-order valence-corrected chi connectivity index (χ0v) is 11.3. The van der Waals surface area contributed by atoms with E-state index in [1.165, 1.54) is 41.2 Å². The van der Waals surface area contributed by atoms with Crippen molar-refractivity contribution >= 4 is 16.3 Å². The van der Waals surface area contributed by atoms with Gasteiger partial charge in [-0.2, -0.15) is 0 Å². The van der Waals surface area contributed by atoms with Gasteiger partial charge in [-0.05, 0) is 52.7 Å². The highest BCUT2D eigenvalue weighted by Gasteiger charge is 2.25. The summed E-state index contributed by atoms with van der Waals surface area (Å²) in [6, 6.07) is 13.4. The molecule has 1 unspecified atom stereocenters.